The maximum Gasteiger partial charge on any atom is 0.224 e. The molecule has 0 aliphatic carbocycles. The van der Waals surface area contributed by atoms with Crippen LogP contribution in [0.15, 0.2) is 48.5 Å². The third kappa shape index (κ3) is 5.24. The Labute approximate surface area is 132 Å². The summed E-state index contributed by atoms with van der Waals surface area (Å²) in [7, 11) is 0. The van der Waals surface area contributed by atoms with Crippen molar-refractivity contribution in [2.45, 2.75) is 33.1 Å². The van der Waals surface area contributed by atoms with E-state index in [0.717, 1.165) is 17.9 Å². The van der Waals surface area contributed by atoms with E-state index in [-0.39, 0.29) is 5.91 Å². The second-order valence-electron chi connectivity index (χ2n) is 5.37. The summed E-state index contributed by atoms with van der Waals surface area (Å²) in [5.74, 6) is 0.882. The summed E-state index contributed by atoms with van der Waals surface area (Å²) >= 11 is 0. The second-order valence-corrected chi connectivity index (χ2v) is 5.37. The van der Waals surface area contributed by atoms with E-state index in [0.29, 0.717) is 19.4 Å². The molecule has 0 saturated heterocycles. The Kier molecular flexibility index (Phi) is 6.01. The largest absolute Gasteiger partial charge is 0.494 e. The molecular formula is C19H23NO2. The highest BCUT2D eigenvalue weighted by Crippen LogP contribution is 2.13. The van der Waals surface area contributed by atoms with Crippen LogP contribution in [0.5, 0.6) is 5.75 Å². The molecule has 0 atom stereocenters. The van der Waals surface area contributed by atoms with Crippen molar-refractivity contribution in [2.75, 3.05) is 11.9 Å². The first kappa shape index (κ1) is 16.1. The van der Waals surface area contributed by atoms with Crippen molar-refractivity contribution < 1.29 is 9.53 Å². The molecule has 0 bridgehead atoms. The first-order valence-corrected chi connectivity index (χ1v) is 7.75. The smallest absolute Gasteiger partial charge is 0.224 e. The molecule has 0 radical (unpaired) electrons. The van der Waals surface area contributed by atoms with Crippen LogP contribution in [0.3, 0.4) is 0 Å². The number of benzene rings is 2. The van der Waals surface area contributed by atoms with E-state index in [4.69, 9.17) is 4.74 Å². The molecule has 2 aromatic carbocycles. The molecule has 2 aromatic rings. The summed E-state index contributed by atoms with van der Waals surface area (Å²) in [5, 5.41) is 2.91. The van der Waals surface area contributed by atoms with Gasteiger partial charge in [0.2, 0.25) is 5.91 Å². The van der Waals surface area contributed by atoms with Gasteiger partial charge in [0.15, 0.2) is 0 Å². The minimum absolute atomic E-state index is 0.0251. The summed E-state index contributed by atoms with van der Waals surface area (Å²) in [6.07, 6.45) is 2.17. The first-order valence-electron chi connectivity index (χ1n) is 7.75. The van der Waals surface area contributed by atoms with Crippen molar-refractivity contribution >= 4 is 11.6 Å². The van der Waals surface area contributed by atoms with Gasteiger partial charge in [0.1, 0.15) is 5.75 Å². The number of anilines is 1. The lowest BCUT2D eigenvalue weighted by Gasteiger charge is -2.08. The minimum Gasteiger partial charge on any atom is -0.494 e. The summed E-state index contributed by atoms with van der Waals surface area (Å²) in [4.78, 5) is 11.9. The van der Waals surface area contributed by atoms with Crippen LogP contribution in [0, 0.1) is 6.92 Å². The van der Waals surface area contributed by atoms with Gasteiger partial charge in [-0.15, -0.1) is 0 Å². The van der Waals surface area contributed by atoms with Gasteiger partial charge in [-0.25, -0.2) is 0 Å². The molecule has 1 amide bonds. The van der Waals surface area contributed by atoms with Gasteiger partial charge in [-0.2, -0.15) is 0 Å². The zero-order chi connectivity index (χ0) is 15.8. The number of nitrogens with one attached hydrogen (secondary N) is 1. The summed E-state index contributed by atoms with van der Waals surface area (Å²) in [6.45, 7) is 4.69. The Morgan fingerprint density at radius 1 is 1.14 bits per heavy atom. The third-order valence-electron chi connectivity index (χ3n) is 3.45. The molecule has 0 fully saturated rings. The Morgan fingerprint density at radius 2 is 1.91 bits per heavy atom. The van der Waals surface area contributed by atoms with Gasteiger partial charge in [-0.3, -0.25) is 4.79 Å². The molecule has 0 saturated carbocycles. The molecule has 3 heteroatoms. The normalized spacial score (nSPS) is 10.3. The van der Waals surface area contributed by atoms with E-state index in [9.17, 15) is 4.79 Å². The maximum atomic E-state index is 11.9. The van der Waals surface area contributed by atoms with Crippen molar-refractivity contribution in [3.05, 3.63) is 59.7 Å². The number of rotatable bonds is 7. The van der Waals surface area contributed by atoms with Crippen LogP contribution in [0.25, 0.3) is 0 Å². The highest BCUT2D eigenvalue weighted by atomic mass is 16.5. The Morgan fingerprint density at radius 3 is 2.59 bits per heavy atom. The number of aryl methyl sites for hydroxylation is 2. The van der Waals surface area contributed by atoms with Crippen LogP contribution >= 0.6 is 0 Å². The van der Waals surface area contributed by atoms with Crippen LogP contribution in [0.2, 0.25) is 0 Å². The zero-order valence-electron chi connectivity index (χ0n) is 13.3. The van der Waals surface area contributed by atoms with E-state index in [1.807, 2.05) is 55.5 Å². The predicted molar refractivity (Wildman–Crippen MR) is 90.4 cm³/mol. The fraction of sp³-hybridized carbons (Fsp3) is 0.316. The molecule has 116 valence electrons. The lowest BCUT2D eigenvalue weighted by atomic mass is 10.1. The van der Waals surface area contributed by atoms with E-state index in [1.54, 1.807) is 0 Å². The Balaban J connectivity index is 1.69. The molecule has 1 N–H and O–H groups in total. The van der Waals surface area contributed by atoms with Crippen molar-refractivity contribution in [1.29, 1.82) is 0 Å². The van der Waals surface area contributed by atoms with Gasteiger partial charge in [-0.1, -0.05) is 31.2 Å². The van der Waals surface area contributed by atoms with Crippen LogP contribution in [0.1, 0.15) is 30.9 Å². The van der Waals surface area contributed by atoms with Gasteiger partial charge < -0.3 is 10.1 Å². The molecule has 0 aliphatic heterocycles. The molecule has 3 nitrogen and oxygen atoms in total. The van der Waals surface area contributed by atoms with E-state index in [1.165, 1.54) is 11.1 Å². The zero-order valence-corrected chi connectivity index (χ0v) is 13.3. The van der Waals surface area contributed by atoms with Crippen LogP contribution in [0.4, 0.5) is 5.69 Å². The van der Waals surface area contributed by atoms with Crippen molar-refractivity contribution in [3.63, 3.8) is 0 Å². The summed E-state index contributed by atoms with van der Waals surface area (Å²) in [6, 6.07) is 15.9. The highest BCUT2D eigenvalue weighted by Gasteiger charge is 2.03. The van der Waals surface area contributed by atoms with Gasteiger partial charge in [0.05, 0.1) is 6.61 Å². The van der Waals surface area contributed by atoms with E-state index >= 15 is 0 Å². The lowest BCUT2D eigenvalue weighted by molar-refractivity contribution is -0.116. The maximum absolute atomic E-state index is 11.9. The predicted octanol–water partition coefficient (Wildman–Crippen LogP) is 4.36. The quantitative estimate of drug-likeness (QED) is 0.771. The average Bonchev–Trinajstić information content (AvgIpc) is 2.52. The molecule has 0 aromatic heterocycles. The SMILES string of the molecule is CCc1ccc(NC(=O)CCCOc2cccc(C)c2)cc1. The van der Waals surface area contributed by atoms with Gasteiger partial charge in [0, 0.05) is 12.1 Å². The van der Waals surface area contributed by atoms with E-state index < -0.39 is 0 Å². The van der Waals surface area contributed by atoms with Gasteiger partial charge >= 0.3 is 0 Å². The number of carbonyl (C=O) groups is 1. The Bertz CT molecular complexity index is 605. The van der Waals surface area contributed by atoms with Crippen molar-refractivity contribution in [3.8, 4) is 5.75 Å². The fourth-order valence-electron chi connectivity index (χ4n) is 2.18. The summed E-state index contributed by atoms with van der Waals surface area (Å²) in [5.41, 5.74) is 3.29. The minimum atomic E-state index is 0.0251. The van der Waals surface area contributed by atoms with Crippen LogP contribution < -0.4 is 10.1 Å². The third-order valence-corrected chi connectivity index (χ3v) is 3.45. The first-order chi connectivity index (χ1) is 10.7. The molecule has 0 unspecified atom stereocenters. The standard InChI is InChI=1S/C19H23NO2/c1-3-16-9-11-17(12-10-16)20-19(21)8-5-13-22-18-7-4-6-15(2)14-18/h4,6-7,9-12,14H,3,5,8,13H2,1-2H3,(H,20,21). The van der Waals surface area contributed by atoms with E-state index in [2.05, 4.69) is 12.2 Å². The number of ether oxygens (including phenoxy) is 1. The topological polar surface area (TPSA) is 38.3 Å². The summed E-state index contributed by atoms with van der Waals surface area (Å²) < 4.78 is 5.64. The lowest BCUT2D eigenvalue weighted by Crippen LogP contribution is -2.12. The number of hydrogen-bond acceptors (Lipinski definition) is 2. The second kappa shape index (κ2) is 8.23. The van der Waals surface area contributed by atoms with Gasteiger partial charge in [0.25, 0.3) is 0 Å². The van der Waals surface area contributed by atoms with Crippen LogP contribution in [-0.4, -0.2) is 12.5 Å². The average molecular weight is 297 g/mol. The Hall–Kier alpha value is -2.29. The molecule has 0 aliphatic rings. The highest BCUT2D eigenvalue weighted by molar-refractivity contribution is 5.90. The van der Waals surface area contributed by atoms with Gasteiger partial charge in [-0.05, 0) is 55.2 Å². The fourth-order valence-corrected chi connectivity index (χ4v) is 2.18. The number of hydrogen-bond donors (Lipinski definition) is 1. The molecular weight excluding hydrogens is 274 g/mol. The van der Waals surface area contributed by atoms with Crippen molar-refractivity contribution in [1.82, 2.24) is 0 Å². The monoisotopic (exact) mass is 297 g/mol. The number of amides is 1. The molecule has 2 rings (SSSR count). The molecule has 0 heterocycles. The number of carbonyl (C=O) groups excluding carboxylic acids is 1. The van der Waals surface area contributed by atoms with Crippen molar-refractivity contribution in [2.24, 2.45) is 0 Å². The van der Waals surface area contributed by atoms with Crippen LogP contribution in [-0.2, 0) is 11.2 Å². The molecule has 0 spiro atoms. The molecule has 22 heavy (non-hydrogen) atoms.